The predicted octanol–water partition coefficient (Wildman–Crippen LogP) is 2.68. The van der Waals surface area contributed by atoms with Gasteiger partial charge in [-0.25, -0.2) is 0 Å². The van der Waals surface area contributed by atoms with E-state index >= 15 is 0 Å². The van der Waals surface area contributed by atoms with Gasteiger partial charge in [0.2, 0.25) is 0 Å². The Hall–Kier alpha value is -0.780. The quantitative estimate of drug-likeness (QED) is 0.347. The summed E-state index contributed by atoms with van der Waals surface area (Å²) in [6.07, 6.45) is 0. The molecule has 0 aliphatic carbocycles. The van der Waals surface area contributed by atoms with Gasteiger partial charge in [0, 0.05) is 4.43 Å². The lowest BCUT2D eigenvalue weighted by Gasteiger charge is -2.09. The minimum Gasteiger partial charge on any atom is -0.490 e. The summed E-state index contributed by atoms with van der Waals surface area (Å²) >= 11 is 2.17. The molecule has 88 valence electrons. The zero-order chi connectivity index (χ0) is 11.8. The molecule has 1 unspecified atom stereocenters. The van der Waals surface area contributed by atoms with Crippen molar-refractivity contribution >= 4 is 28.6 Å². The van der Waals surface area contributed by atoms with Gasteiger partial charge < -0.3 is 9.47 Å². The van der Waals surface area contributed by atoms with Crippen LogP contribution in [0.25, 0.3) is 0 Å². The minimum absolute atomic E-state index is 0.0441. The van der Waals surface area contributed by atoms with Crippen molar-refractivity contribution in [3.8, 4) is 5.75 Å². The molecule has 0 radical (unpaired) electrons. The van der Waals surface area contributed by atoms with Crippen LogP contribution >= 0.6 is 22.6 Å². The maximum Gasteiger partial charge on any atom is 0.309 e. The first-order valence-electron chi connectivity index (χ1n) is 5.14. The molecule has 0 aliphatic heterocycles. The van der Waals surface area contributed by atoms with E-state index in [2.05, 4.69) is 22.6 Å². The third kappa shape index (κ3) is 4.83. The Labute approximate surface area is 109 Å². The van der Waals surface area contributed by atoms with Crippen molar-refractivity contribution in [3.63, 3.8) is 0 Å². The van der Waals surface area contributed by atoms with Gasteiger partial charge in [-0.05, 0) is 12.1 Å². The van der Waals surface area contributed by atoms with Gasteiger partial charge in [0.05, 0.1) is 5.92 Å². The Balaban J connectivity index is 2.15. The summed E-state index contributed by atoms with van der Waals surface area (Å²) in [5.74, 6) is 0.587. The number of hydrogen-bond donors (Lipinski definition) is 0. The summed E-state index contributed by atoms with van der Waals surface area (Å²) in [4.78, 5) is 11.3. The highest BCUT2D eigenvalue weighted by Gasteiger charge is 2.11. The molecule has 1 rings (SSSR count). The van der Waals surface area contributed by atoms with Crippen LogP contribution in [0.2, 0.25) is 0 Å². The van der Waals surface area contributed by atoms with Crippen molar-refractivity contribution in [3.05, 3.63) is 30.3 Å². The first-order valence-corrected chi connectivity index (χ1v) is 6.67. The lowest BCUT2D eigenvalue weighted by Crippen LogP contribution is -2.19. The SMILES string of the molecule is CC(CI)C(=O)OCCOc1ccccc1. The highest BCUT2D eigenvalue weighted by Crippen LogP contribution is 2.08. The molecule has 1 atom stereocenters. The number of ether oxygens (including phenoxy) is 2. The number of carbonyl (C=O) groups is 1. The molecule has 1 aromatic carbocycles. The summed E-state index contributed by atoms with van der Waals surface area (Å²) in [5.41, 5.74) is 0. The van der Waals surface area contributed by atoms with Gasteiger partial charge in [0.1, 0.15) is 19.0 Å². The van der Waals surface area contributed by atoms with E-state index in [0.717, 1.165) is 10.2 Å². The second kappa shape index (κ2) is 7.49. The molecule has 0 amide bonds. The van der Waals surface area contributed by atoms with Crippen molar-refractivity contribution in [2.24, 2.45) is 5.92 Å². The number of halogens is 1. The third-order valence-electron chi connectivity index (χ3n) is 1.97. The van der Waals surface area contributed by atoms with Crippen LogP contribution in [0.5, 0.6) is 5.75 Å². The standard InChI is InChI=1S/C12H15IO3/c1-10(9-13)12(14)16-8-7-15-11-5-3-2-4-6-11/h2-6,10H,7-9H2,1H3. The van der Waals surface area contributed by atoms with E-state index in [9.17, 15) is 4.79 Å². The normalized spacial score (nSPS) is 11.9. The smallest absolute Gasteiger partial charge is 0.309 e. The molecule has 16 heavy (non-hydrogen) atoms. The summed E-state index contributed by atoms with van der Waals surface area (Å²) in [6, 6.07) is 9.47. The zero-order valence-electron chi connectivity index (χ0n) is 9.19. The summed E-state index contributed by atoms with van der Waals surface area (Å²) in [5, 5.41) is 0. The fourth-order valence-corrected chi connectivity index (χ4v) is 1.38. The van der Waals surface area contributed by atoms with Crippen molar-refractivity contribution < 1.29 is 14.3 Å². The third-order valence-corrected chi connectivity index (χ3v) is 3.29. The molecule has 0 bridgehead atoms. The number of hydrogen-bond acceptors (Lipinski definition) is 3. The van der Waals surface area contributed by atoms with Crippen LogP contribution in [-0.2, 0) is 9.53 Å². The average Bonchev–Trinajstić information content (AvgIpc) is 2.34. The van der Waals surface area contributed by atoms with Gasteiger partial charge >= 0.3 is 5.97 Å². The second-order valence-electron chi connectivity index (χ2n) is 3.38. The van der Waals surface area contributed by atoms with Crippen molar-refractivity contribution in [1.29, 1.82) is 0 Å². The van der Waals surface area contributed by atoms with E-state index in [1.807, 2.05) is 37.3 Å². The number of benzene rings is 1. The Morgan fingerprint density at radius 2 is 2.00 bits per heavy atom. The molecule has 0 aromatic heterocycles. The molecule has 3 nitrogen and oxygen atoms in total. The molecule has 0 heterocycles. The van der Waals surface area contributed by atoms with E-state index in [0.29, 0.717) is 13.2 Å². The maximum absolute atomic E-state index is 11.3. The molecule has 0 spiro atoms. The van der Waals surface area contributed by atoms with E-state index in [1.54, 1.807) is 0 Å². The summed E-state index contributed by atoms with van der Waals surface area (Å²) in [7, 11) is 0. The Bertz CT molecular complexity index is 313. The predicted molar refractivity (Wildman–Crippen MR) is 70.9 cm³/mol. The van der Waals surface area contributed by atoms with Crippen LogP contribution in [-0.4, -0.2) is 23.6 Å². The van der Waals surface area contributed by atoms with E-state index < -0.39 is 0 Å². The molecule has 0 fully saturated rings. The van der Waals surface area contributed by atoms with Crippen LogP contribution in [0.1, 0.15) is 6.92 Å². The largest absolute Gasteiger partial charge is 0.490 e. The Morgan fingerprint density at radius 3 is 2.62 bits per heavy atom. The fraction of sp³-hybridized carbons (Fsp3) is 0.417. The lowest BCUT2D eigenvalue weighted by atomic mass is 10.2. The van der Waals surface area contributed by atoms with Gasteiger partial charge in [-0.15, -0.1) is 0 Å². The van der Waals surface area contributed by atoms with Gasteiger partial charge in [-0.1, -0.05) is 47.7 Å². The summed E-state index contributed by atoms with van der Waals surface area (Å²) in [6.45, 7) is 2.55. The molecule has 0 N–H and O–H groups in total. The maximum atomic E-state index is 11.3. The molecule has 0 aliphatic rings. The number of carbonyl (C=O) groups excluding carboxylic acids is 1. The first-order chi connectivity index (χ1) is 7.74. The molecule has 1 aromatic rings. The van der Waals surface area contributed by atoms with Gasteiger partial charge in [-0.3, -0.25) is 4.79 Å². The van der Waals surface area contributed by atoms with Gasteiger partial charge in [0.15, 0.2) is 0 Å². The van der Waals surface area contributed by atoms with Crippen LogP contribution in [0.15, 0.2) is 30.3 Å². The molecule has 4 heteroatoms. The van der Waals surface area contributed by atoms with Crippen molar-refractivity contribution in [2.75, 3.05) is 17.6 Å². The summed E-state index contributed by atoms with van der Waals surface area (Å²) < 4.78 is 11.2. The molecular formula is C12H15IO3. The monoisotopic (exact) mass is 334 g/mol. The van der Waals surface area contributed by atoms with E-state index in [-0.39, 0.29) is 11.9 Å². The van der Waals surface area contributed by atoms with Crippen molar-refractivity contribution in [2.45, 2.75) is 6.92 Å². The van der Waals surface area contributed by atoms with E-state index in [1.165, 1.54) is 0 Å². The first kappa shape index (κ1) is 13.3. The number of esters is 1. The molecule has 0 saturated heterocycles. The second-order valence-corrected chi connectivity index (χ2v) is 4.27. The lowest BCUT2D eigenvalue weighted by molar-refractivity contribution is -0.147. The molecular weight excluding hydrogens is 319 g/mol. The van der Waals surface area contributed by atoms with Crippen LogP contribution in [0.4, 0.5) is 0 Å². The fourth-order valence-electron chi connectivity index (χ4n) is 1.02. The number of rotatable bonds is 6. The Kier molecular flexibility index (Phi) is 6.22. The molecule has 0 saturated carbocycles. The number of alkyl halides is 1. The topological polar surface area (TPSA) is 35.5 Å². The van der Waals surface area contributed by atoms with Gasteiger partial charge in [0.25, 0.3) is 0 Å². The number of para-hydroxylation sites is 1. The highest BCUT2D eigenvalue weighted by atomic mass is 127. The Morgan fingerprint density at radius 1 is 1.31 bits per heavy atom. The van der Waals surface area contributed by atoms with E-state index in [4.69, 9.17) is 9.47 Å². The van der Waals surface area contributed by atoms with Crippen molar-refractivity contribution in [1.82, 2.24) is 0 Å². The van der Waals surface area contributed by atoms with Crippen LogP contribution in [0, 0.1) is 5.92 Å². The minimum atomic E-state index is -0.161. The highest BCUT2D eigenvalue weighted by molar-refractivity contribution is 14.1. The van der Waals surface area contributed by atoms with Gasteiger partial charge in [-0.2, -0.15) is 0 Å². The van der Waals surface area contributed by atoms with Crippen LogP contribution < -0.4 is 4.74 Å². The zero-order valence-corrected chi connectivity index (χ0v) is 11.3. The van der Waals surface area contributed by atoms with Crippen LogP contribution in [0.3, 0.4) is 0 Å². The average molecular weight is 334 g/mol.